The molecule has 0 atom stereocenters. The van der Waals surface area contributed by atoms with E-state index in [1.54, 1.807) is 30.3 Å². The smallest absolute Gasteiger partial charge is 0.262 e. The predicted molar refractivity (Wildman–Crippen MR) is 100 cm³/mol. The summed E-state index contributed by atoms with van der Waals surface area (Å²) in [7, 11) is 0. The summed E-state index contributed by atoms with van der Waals surface area (Å²) in [5, 5.41) is 3.99. The minimum Gasteiger partial charge on any atom is -0.484 e. The Morgan fingerprint density at radius 1 is 1.12 bits per heavy atom. The average Bonchev–Trinajstić information content (AvgIpc) is 2.62. The highest BCUT2D eigenvalue weighted by atomic mass is 35.5. The Morgan fingerprint density at radius 2 is 1.84 bits per heavy atom. The third kappa shape index (κ3) is 5.01. The Labute approximate surface area is 156 Å². The lowest BCUT2D eigenvalue weighted by Gasteiger charge is -2.29. The molecule has 7 heteroatoms. The number of rotatable bonds is 5. The summed E-state index contributed by atoms with van der Waals surface area (Å²) < 4.78 is 10.8. The fourth-order valence-corrected chi connectivity index (χ4v) is 2.95. The van der Waals surface area contributed by atoms with Crippen molar-refractivity contribution >= 4 is 40.5 Å². The first-order valence-electron chi connectivity index (χ1n) is 7.92. The Kier molecular flexibility index (Phi) is 6.02. The number of nitrogens with one attached hydrogen (secondary N) is 1. The van der Waals surface area contributed by atoms with Gasteiger partial charge in [-0.1, -0.05) is 23.2 Å². The highest BCUT2D eigenvalue weighted by molar-refractivity contribution is 6.33. The molecular formula is C18H18Cl2N2O3. The van der Waals surface area contributed by atoms with E-state index in [0.29, 0.717) is 34.7 Å². The van der Waals surface area contributed by atoms with Crippen LogP contribution in [0.4, 0.5) is 11.4 Å². The van der Waals surface area contributed by atoms with Gasteiger partial charge >= 0.3 is 0 Å². The van der Waals surface area contributed by atoms with E-state index in [4.69, 9.17) is 32.7 Å². The first kappa shape index (κ1) is 17.9. The lowest BCUT2D eigenvalue weighted by Crippen LogP contribution is -2.36. The van der Waals surface area contributed by atoms with Crippen molar-refractivity contribution in [2.24, 2.45) is 0 Å². The standard InChI is InChI=1S/C18H18Cl2N2O3/c19-13-1-4-15(5-2-13)25-12-18(23)21-14-3-6-17(16(20)11-14)22-7-9-24-10-8-22/h1-6,11H,7-10,12H2,(H,21,23). The van der Waals surface area contributed by atoms with Crippen molar-refractivity contribution in [3.8, 4) is 5.75 Å². The molecule has 0 bridgehead atoms. The van der Waals surface area contributed by atoms with Gasteiger partial charge in [0.15, 0.2) is 6.61 Å². The maximum absolute atomic E-state index is 12.0. The molecule has 5 nitrogen and oxygen atoms in total. The van der Waals surface area contributed by atoms with Crippen molar-refractivity contribution in [1.82, 2.24) is 0 Å². The Morgan fingerprint density at radius 3 is 2.52 bits per heavy atom. The summed E-state index contributed by atoms with van der Waals surface area (Å²) in [5.41, 5.74) is 1.58. The van der Waals surface area contributed by atoms with Crippen LogP contribution in [0.15, 0.2) is 42.5 Å². The molecule has 3 rings (SSSR count). The van der Waals surface area contributed by atoms with E-state index in [0.717, 1.165) is 18.8 Å². The molecular weight excluding hydrogens is 363 g/mol. The highest BCUT2D eigenvalue weighted by Gasteiger charge is 2.15. The van der Waals surface area contributed by atoms with Gasteiger partial charge in [0.25, 0.3) is 5.91 Å². The van der Waals surface area contributed by atoms with Crippen molar-refractivity contribution in [1.29, 1.82) is 0 Å². The number of hydrogen-bond donors (Lipinski definition) is 1. The van der Waals surface area contributed by atoms with Gasteiger partial charge in [-0.3, -0.25) is 4.79 Å². The first-order valence-corrected chi connectivity index (χ1v) is 8.68. The predicted octanol–water partition coefficient (Wildman–Crippen LogP) is 3.85. The van der Waals surface area contributed by atoms with Crippen LogP contribution in [0.3, 0.4) is 0 Å². The van der Waals surface area contributed by atoms with Crippen molar-refractivity contribution < 1.29 is 14.3 Å². The first-order chi connectivity index (χ1) is 12.1. The Bertz CT molecular complexity index is 732. The van der Waals surface area contributed by atoms with Crippen molar-refractivity contribution in [2.45, 2.75) is 0 Å². The maximum atomic E-state index is 12.0. The van der Waals surface area contributed by atoms with Gasteiger partial charge in [-0.05, 0) is 42.5 Å². The molecule has 0 radical (unpaired) electrons. The molecule has 1 N–H and O–H groups in total. The lowest BCUT2D eigenvalue weighted by atomic mass is 10.2. The van der Waals surface area contributed by atoms with E-state index in [1.807, 2.05) is 12.1 Å². The van der Waals surface area contributed by atoms with Gasteiger partial charge in [0, 0.05) is 23.8 Å². The van der Waals surface area contributed by atoms with E-state index >= 15 is 0 Å². The van der Waals surface area contributed by atoms with E-state index in [1.165, 1.54) is 0 Å². The second kappa shape index (κ2) is 8.43. The minimum atomic E-state index is -0.259. The number of nitrogens with zero attached hydrogens (tertiary/aromatic N) is 1. The lowest BCUT2D eigenvalue weighted by molar-refractivity contribution is -0.118. The molecule has 0 aliphatic carbocycles. The summed E-state index contributed by atoms with van der Waals surface area (Å²) in [6.07, 6.45) is 0. The average molecular weight is 381 g/mol. The molecule has 1 aliphatic rings. The van der Waals surface area contributed by atoms with Gasteiger partial charge in [-0.15, -0.1) is 0 Å². The molecule has 1 heterocycles. The minimum absolute atomic E-state index is 0.0928. The van der Waals surface area contributed by atoms with E-state index in [-0.39, 0.29) is 12.5 Å². The summed E-state index contributed by atoms with van der Waals surface area (Å²) in [6, 6.07) is 12.3. The third-order valence-electron chi connectivity index (χ3n) is 3.77. The van der Waals surface area contributed by atoms with Crippen LogP contribution in [0.1, 0.15) is 0 Å². The molecule has 2 aromatic carbocycles. The summed E-state index contributed by atoms with van der Waals surface area (Å²) in [4.78, 5) is 14.2. The SMILES string of the molecule is O=C(COc1ccc(Cl)cc1)Nc1ccc(N2CCOCC2)c(Cl)c1. The maximum Gasteiger partial charge on any atom is 0.262 e. The topological polar surface area (TPSA) is 50.8 Å². The molecule has 0 aromatic heterocycles. The van der Waals surface area contributed by atoms with Crippen molar-refractivity contribution in [3.05, 3.63) is 52.5 Å². The van der Waals surface area contributed by atoms with Gasteiger partial charge in [0.05, 0.1) is 23.9 Å². The molecule has 0 spiro atoms. The number of carbonyl (C=O) groups is 1. The summed E-state index contributed by atoms with van der Waals surface area (Å²) >= 11 is 12.2. The largest absolute Gasteiger partial charge is 0.484 e. The van der Waals surface area contributed by atoms with Crippen LogP contribution in [-0.2, 0) is 9.53 Å². The molecule has 132 valence electrons. The Balaban J connectivity index is 1.55. The second-order valence-electron chi connectivity index (χ2n) is 5.56. The number of amides is 1. The number of benzene rings is 2. The molecule has 2 aromatic rings. The van der Waals surface area contributed by atoms with E-state index in [2.05, 4.69) is 10.2 Å². The van der Waals surface area contributed by atoms with Gasteiger partial charge in [-0.2, -0.15) is 0 Å². The number of anilines is 2. The molecule has 0 unspecified atom stereocenters. The van der Waals surface area contributed by atoms with Crippen LogP contribution in [0.25, 0.3) is 0 Å². The van der Waals surface area contributed by atoms with Crippen LogP contribution in [0.5, 0.6) is 5.75 Å². The Hall–Kier alpha value is -1.95. The molecule has 1 amide bonds. The molecule has 0 saturated carbocycles. The number of ether oxygens (including phenoxy) is 2. The fraction of sp³-hybridized carbons (Fsp3) is 0.278. The monoisotopic (exact) mass is 380 g/mol. The number of morpholine rings is 1. The number of carbonyl (C=O) groups excluding carboxylic acids is 1. The molecule has 25 heavy (non-hydrogen) atoms. The third-order valence-corrected chi connectivity index (χ3v) is 4.32. The van der Waals surface area contributed by atoms with Crippen LogP contribution in [-0.4, -0.2) is 38.8 Å². The van der Waals surface area contributed by atoms with E-state index in [9.17, 15) is 4.79 Å². The zero-order chi connectivity index (χ0) is 17.6. The number of halogens is 2. The van der Waals surface area contributed by atoms with Crippen LogP contribution >= 0.6 is 23.2 Å². The summed E-state index contributed by atoms with van der Waals surface area (Å²) in [6.45, 7) is 2.90. The molecule has 1 fully saturated rings. The van der Waals surface area contributed by atoms with Gasteiger partial charge in [0.2, 0.25) is 0 Å². The van der Waals surface area contributed by atoms with Crippen molar-refractivity contribution in [3.63, 3.8) is 0 Å². The van der Waals surface area contributed by atoms with Crippen LogP contribution in [0.2, 0.25) is 10.0 Å². The second-order valence-corrected chi connectivity index (χ2v) is 6.40. The fourth-order valence-electron chi connectivity index (χ4n) is 2.52. The molecule has 1 saturated heterocycles. The normalized spacial score (nSPS) is 14.2. The van der Waals surface area contributed by atoms with Crippen LogP contribution in [0, 0.1) is 0 Å². The van der Waals surface area contributed by atoms with Gasteiger partial charge in [0.1, 0.15) is 5.75 Å². The molecule has 1 aliphatic heterocycles. The van der Waals surface area contributed by atoms with Crippen molar-refractivity contribution in [2.75, 3.05) is 43.1 Å². The van der Waals surface area contributed by atoms with Crippen LogP contribution < -0.4 is 15.0 Å². The summed E-state index contributed by atoms with van der Waals surface area (Å²) in [5.74, 6) is 0.324. The van der Waals surface area contributed by atoms with Gasteiger partial charge < -0.3 is 19.7 Å². The zero-order valence-corrected chi connectivity index (χ0v) is 15.0. The van der Waals surface area contributed by atoms with Gasteiger partial charge in [-0.25, -0.2) is 0 Å². The highest BCUT2D eigenvalue weighted by Crippen LogP contribution is 2.29. The number of hydrogen-bond acceptors (Lipinski definition) is 4. The van der Waals surface area contributed by atoms with E-state index < -0.39 is 0 Å². The quantitative estimate of drug-likeness (QED) is 0.855. The zero-order valence-electron chi connectivity index (χ0n) is 13.5.